The number of carboxylic acids is 1. The van der Waals surface area contributed by atoms with Gasteiger partial charge in [-0.05, 0) is 29.8 Å². The van der Waals surface area contributed by atoms with Crippen LogP contribution in [0.4, 0.5) is 5.69 Å². The smallest absolute Gasteiger partial charge is 0.370 e. The zero-order chi connectivity index (χ0) is 15.2. The van der Waals surface area contributed by atoms with E-state index < -0.39 is 5.97 Å². The Hall–Kier alpha value is -2.62. The standard InChI is InChI=1S/C17H18N2O2/c1-18(2)15-9-6-14(7-10-15)8-11-16-5-3-4-12-19(16)13-17(20)21/h3-12H,13H2,1-2H3/p+1. The summed E-state index contributed by atoms with van der Waals surface area (Å²) in [5.74, 6) is -0.851. The van der Waals surface area contributed by atoms with Gasteiger partial charge >= 0.3 is 5.97 Å². The maximum Gasteiger partial charge on any atom is 0.370 e. The lowest BCUT2D eigenvalue weighted by Gasteiger charge is -2.11. The van der Waals surface area contributed by atoms with E-state index in [1.807, 2.05) is 61.5 Å². The number of benzene rings is 1. The zero-order valence-corrected chi connectivity index (χ0v) is 12.2. The molecule has 0 aliphatic carbocycles. The van der Waals surface area contributed by atoms with Gasteiger partial charge in [-0.25, -0.2) is 4.79 Å². The maximum absolute atomic E-state index is 10.8. The Kier molecular flexibility index (Phi) is 4.72. The van der Waals surface area contributed by atoms with Crippen LogP contribution in [0.3, 0.4) is 0 Å². The van der Waals surface area contributed by atoms with E-state index in [1.54, 1.807) is 10.8 Å². The van der Waals surface area contributed by atoms with E-state index in [-0.39, 0.29) is 6.54 Å². The highest BCUT2D eigenvalue weighted by molar-refractivity contribution is 5.69. The summed E-state index contributed by atoms with van der Waals surface area (Å²) in [4.78, 5) is 12.9. The normalized spacial score (nSPS) is 10.8. The summed E-state index contributed by atoms with van der Waals surface area (Å²) in [7, 11) is 4.01. The Bertz CT molecular complexity index is 646. The van der Waals surface area contributed by atoms with Gasteiger partial charge in [0, 0.05) is 38.0 Å². The fourth-order valence-electron chi connectivity index (χ4n) is 2.00. The Morgan fingerprint density at radius 2 is 1.86 bits per heavy atom. The maximum atomic E-state index is 10.8. The Labute approximate surface area is 124 Å². The largest absolute Gasteiger partial charge is 0.477 e. The van der Waals surface area contributed by atoms with Gasteiger partial charge in [0.2, 0.25) is 12.2 Å². The first-order valence-electron chi connectivity index (χ1n) is 6.72. The van der Waals surface area contributed by atoms with Crippen LogP contribution in [0.15, 0.2) is 48.7 Å². The number of carboxylic acid groups (broad SMARTS) is 1. The van der Waals surface area contributed by atoms with E-state index in [0.717, 1.165) is 16.9 Å². The first-order valence-corrected chi connectivity index (χ1v) is 6.72. The molecule has 4 nitrogen and oxygen atoms in total. The van der Waals surface area contributed by atoms with E-state index in [1.165, 1.54) is 0 Å². The van der Waals surface area contributed by atoms with Gasteiger partial charge in [0.1, 0.15) is 0 Å². The van der Waals surface area contributed by atoms with Crippen LogP contribution in [0.5, 0.6) is 0 Å². The summed E-state index contributed by atoms with van der Waals surface area (Å²) in [5.41, 5.74) is 3.08. The average molecular weight is 283 g/mol. The molecule has 0 aliphatic heterocycles. The van der Waals surface area contributed by atoms with Crippen molar-refractivity contribution in [1.29, 1.82) is 0 Å². The van der Waals surface area contributed by atoms with E-state index in [4.69, 9.17) is 5.11 Å². The van der Waals surface area contributed by atoms with Crippen LogP contribution in [0.25, 0.3) is 12.2 Å². The summed E-state index contributed by atoms with van der Waals surface area (Å²) < 4.78 is 1.70. The topological polar surface area (TPSA) is 44.4 Å². The molecule has 2 rings (SSSR count). The third-order valence-electron chi connectivity index (χ3n) is 3.14. The number of aliphatic carboxylic acids is 1. The second-order valence-electron chi connectivity index (χ2n) is 4.97. The quantitative estimate of drug-likeness (QED) is 0.856. The molecule has 0 spiro atoms. The van der Waals surface area contributed by atoms with Crippen molar-refractivity contribution in [3.63, 3.8) is 0 Å². The van der Waals surface area contributed by atoms with Gasteiger partial charge in [-0.1, -0.05) is 12.1 Å². The van der Waals surface area contributed by atoms with Crippen LogP contribution >= 0.6 is 0 Å². The number of anilines is 1. The summed E-state index contributed by atoms with van der Waals surface area (Å²) >= 11 is 0. The summed E-state index contributed by atoms with van der Waals surface area (Å²) in [5, 5.41) is 8.91. The number of aromatic nitrogens is 1. The number of nitrogens with zero attached hydrogens (tertiary/aromatic N) is 2. The Morgan fingerprint density at radius 1 is 1.14 bits per heavy atom. The Morgan fingerprint density at radius 3 is 2.48 bits per heavy atom. The van der Waals surface area contributed by atoms with E-state index >= 15 is 0 Å². The molecule has 0 bridgehead atoms. The van der Waals surface area contributed by atoms with Gasteiger partial charge < -0.3 is 10.0 Å². The number of rotatable bonds is 5. The summed E-state index contributed by atoms with van der Waals surface area (Å²) in [6.07, 6.45) is 5.67. The highest BCUT2D eigenvalue weighted by atomic mass is 16.4. The van der Waals surface area contributed by atoms with E-state index in [0.29, 0.717) is 0 Å². The van der Waals surface area contributed by atoms with Crippen LogP contribution in [0, 0.1) is 0 Å². The van der Waals surface area contributed by atoms with Gasteiger partial charge in [0.25, 0.3) is 0 Å². The number of pyridine rings is 1. The fraction of sp³-hybridized carbons (Fsp3) is 0.176. The molecular formula is C17H19N2O2+. The van der Waals surface area contributed by atoms with Gasteiger partial charge in [0.05, 0.1) is 0 Å². The molecule has 0 aliphatic rings. The molecule has 1 N–H and O–H groups in total. The molecule has 4 heteroatoms. The van der Waals surface area contributed by atoms with Crippen molar-refractivity contribution >= 4 is 23.8 Å². The highest BCUT2D eigenvalue weighted by Crippen LogP contribution is 2.13. The first-order chi connectivity index (χ1) is 10.1. The van der Waals surface area contributed by atoms with Crippen molar-refractivity contribution in [3.8, 4) is 0 Å². The van der Waals surface area contributed by atoms with Crippen LogP contribution in [-0.4, -0.2) is 25.2 Å². The molecule has 21 heavy (non-hydrogen) atoms. The van der Waals surface area contributed by atoms with Crippen LogP contribution in [-0.2, 0) is 11.3 Å². The lowest BCUT2D eigenvalue weighted by molar-refractivity contribution is -0.687. The lowest BCUT2D eigenvalue weighted by Crippen LogP contribution is -2.40. The van der Waals surface area contributed by atoms with Crippen molar-refractivity contribution in [3.05, 3.63) is 59.9 Å². The predicted octanol–water partition coefficient (Wildman–Crippen LogP) is 2.30. The molecule has 0 saturated heterocycles. The molecule has 1 heterocycles. The molecule has 0 fully saturated rings. The number of hydrogen-bond acceptors (Lipinski definition) is 2. The van der Waals surface area contributed by atoms with Crippen molar-refractivity contribution in [1.82, 2.24) is 0 Å². The van der Waals surface area contributed by atoms with Crippen molar-refractivity contribution in [2.45, 2.75) is 6.54 Å². The van der Waals surface area contributed by atoms with Gasteiger partial charge in [-0.15, -0.1) is 0 Å². The van der Waals surface area contributed by atoms with Crippen molar-refractivity contribution in [2.75, 3.05) is 19.0 Å². The second kappa shape index (κ2) is 6.70. The molecule has 1 aromatic heterocycles. The molecule has 0 atom stereocenters. The van der Waals surface area contributed by atoms with Crippen molar-refractivity contribution < 1.29 is 14.5 Å². The number of carbonyl (C=O) groups is 1. The SMILES string of the molecule is CN(C)c1ccc(/C=C/c2cccc[n+]2CC(=O)O)cc1. The highest BCUT2D eigenvalue weighted by Gasteiger charge is 2.10. The van der Waals surface area contributed by atoms with E-state index in [2.05, 4.69) is 12.1 Å². The molecule has 108 valence electrons. The van der Waals surface area contributed by atoms with E-state index in [9.17, 15) is 4.79 Å². The second-order valence-corrected chi connectivity index (χ2v) is 4.97. The molecular weight excluding hydrogens is 264 g/mol. The molecule has 1 aromatic carbocycles. The Balaban J connectivity index is 2.19. The molecule has 2 aromatic rings. The van der Waals surface area contributed by atoms with Crippen LogP contribution in [0.2, 0.25) is 0 Å². The summed E-state index contributed by atoms with van der Waals surface area (Å²) in [6, 6.07) is 13.8. The molecule has 0 radical (unpaired) electrons. The summed E-state index contributed by atoms with van der Waals surface area (Å²) in [6.45, 7) is -0.0416. The first kappa shape index (κ1) is 14.8. The monoisotopic (exact) mass is 283 g/mol. The minimum Gasteiger partial charge on any atom is -0.477 e. The third-order valence-corrected chi connectivity index (χ3v) is 3.14. The lowest BCUT2D eigenvalue weighted by atomic mass is 10.1. The zero-order valence-electron chi connectivity index (χ0n) is 12.2. The molecule has 0 unspecified atom stereocenters. The third kappa shape index (κ3) is 4.18. The van der Waals surface area contributed by atoms with Crippen molar-refractivity contribution in [2.24, 2.45) is 0 Å². The van der Waals surface area contributed by atoms with Gasteiger partial charge in [0.15, 0.2) is 6.20 Å². The molecule has 0 saturated carbocycles. The minimum atomic E-state index is -0.851. The average Bonchev–Trinajstić information content (AvgIpc) is 2.46. The molecule has 0 amide bonds. The predicted molar refractivity (Wildman–Crippen MR) is 84.0 cm³/mol. The van der Waals surface area contributed by atoms with Gasteiger partial charge in [-0.2, -0.15) is 4.57 Å². The van der Waals surface area contributed by atoms with Crippen LogP contribution < -0.4 is 9.47 Å². The van der Waals surface area contributed by atoms with Crippen LogP contribution in [0.1, 0.15) is 11.3 Å². The fourth-order valence-corrected chi connectivity index (χ4v) is 2.00. The van der Waals surface area contributed by atoms with Gasteiger partial charge in [-0.3, -0.25) is 0 Å². The number of hydrogen-bond donors (Lipinski definition) is 1. The minimum absolute atomic E-state index is 0.0416.